The van der Waals surface area contributed by atoms with Gasteiger partial charge in [-0.15, -0.1) is 0 Å². The Kier molecular flexibility index (Phi) is 9.05. The van der Waals surface area contributed by atoms with E-state index in [0.717, 1.165) is 9.54 Å². The van der Waals surface area contributed by atoms with E-state index < -0.39 is 39.6 Å². The first-order chi connectivity index (χ1) is 20.7. The number of aromatic nitrogens is 1. The smallest absolute Gasteiger partial charge is 0.422 e. The van der Waals surface area contributed by atoms with Gasteiger partial charge in [-0.05, 0) is 64.8 Å². The number of methoxy groups -OCH3 is 1. The van der Waals surface area contributed by atoms with E-state index >= 15 is 0 Å². The van der Waals surface area contributed by atoms with Gasteiger partial charge in [0.25, 0.3) is 10.0 Å². The van der Waals surface area contributed by atoms with Crippen molar-refractivity contribution in [2.24, 2.45) is 0 Å². The van der Waals surface area contributed by atoms with Gasteiger partial charge in [-0.1, -0.05) is 71.9 Å². The molecule has 1 aromatic heterocycles. The number of hydrogen-bond donors (Lipinski definition) is 0. The van der Waals surface area contributed by atoms with E-state index in [1.54, 1.807) is 49.4 Å². The van der Waals surface area contributed by atoms with Crippen LogP contribution in [0.5, 0.6) is 5.75 Å². The molecule has 0 fully saturated rings. The lowest BCUT2D eigenvalue weighted by Gasteiger charge is -2.29. The van der Waals surface area contributed by atoms with Crippen LogP contribution >= 0.6 is 0 Å². The highest BCUT2D eigenvalue weighted by Crippen LogP contribution is 2.46. The molecule has 0 aliphatic heterocycles. The number of halogens is 3. The molecule has 0 aliphatic carbocycles. The van der Waals surface area contributed by atoms with Crippen LogP contribution in [-0.4, -0.2) is 38.3 Å². The van der Waals surface area contributed by atoms with Crippen LogP contribution in [-0.2, 0) is 30.4 Å². The number of rotatable bonds is 7. The van der Waals surface area contributed by atoms with E-state index in [1.807, 2.05) is 47.6 Å². The van der Waals surface area contributed by atoms with E-state index in [1.165, 1.54) is 31.5 Å². The highest BCUT2D eigenvalue weighted by atomic mass is 32.2. The molecular formula is C35H38F3NO5S. The summed E-state index contributed by atoms with van der Waals surface area (Å²) in [5.41, 5.74) is 2.52. The molecule has 0 atom stereocenters. The molecule has 4 rings (SSSR count). The van der Waals surface area contributed by atoms with Crippen LogP contribution in [0.25, 0.3) is 27.6 Å². The number of carbonyl (C=O) groups is 1. The van der Waals surface area contributed by atoms with Crippen molar-refractivity contribution in [1.29, 1.82) is 0 Å². The molecule has 0 aliphatic rings. The highest BCUT2D eigenvalue weighted by molar-refractivity contribution is 7.90. The van der Waals surface area contributed by atoms with Crippen LogP contribution in [0.2, 0.25) is 0 Å². The third-order valence-corrected chi connectivity index (χ3v) is 9.18. The quantitative estimate of drug-likeness (QED) is 0.149. The van der Waals surface area contributed by atoms with Gasteiger partial charge in [0.1, 0.15) is 5.75 Å². The van der Waals surface area contributed by atoms with Crippen molar-refractivity contribution in [2.75, 3.05) is 13.7 Å². The summed E-state index contributed by atoms with van der Waals surface area (Å²) < 4.78 is 80.3. The number of ether oxygens (including phenoxy) is 2. The maximum Gasteiger partial charge on any atom is 0.422 e. The van der Waals surface area contributed by atoms with Gasteiger partial charge >= 0.3 is 12.1 Å². The third-order valence-electron chi connectivity index (χ3n) is 7.49. The summed E-state index contributed by atoms with van der Waals surface area (Å²) in [5, 5.41) is 0.451. The monoisotopic (exact) mass is 641 g/mol. The molecule has 6 nitrogen and oxygen atoms in total. The Morgan fingerprint density at radius 3 is 2.09 bits per heavy atom. The Labute approximate surface area is 262 Å². The molecule has 4 aromatic rings. The average molecular weight is 642 g/mol. The largest absolute Gasteiger partial charge is 0.483 e. The average Bonchev–Trinajstić information content (AvgIpc) is 3.34. The fourth-order valence-corrected chi connectivity index (χ4v) is 6.40. The number of nitrogens with zero attached hydrogens (tertiary/aromatic N) is 1. The van der Waals surface area contributed by atoms with Crippen LogP contribution in [0.1, 0.15) is 65.2 Å². The van der Waals surface area contributed by atoms with Crippen LogP contribution in [0.4, 0.5) is 13.2 Å². The summed E-state index contributed by atoms with van der Waals surface area (Å²) in [7, 11) is -2.86. The molecule has 0 saturated carbocycles. The van der Waals surface area contributed by atoms with E-state index in [0.29, 0.717) is 38.7 Å². The molecule has 0 N–H and O–H groups in total. The summed E-state index contributed by atoms with van der Waals surface area (Å²) in [6, 6.07) is 16.6. The zero-order valence-electron chi connectivity index (χ0n) is 26.7. The van der Waals surface area contributed by atoms with Crippen LogP contribution in [0, 0.1) is 0 Å². The van der Waals surface area contributed by atoms with Crippen molar-refractivity contribution in [3.63, 3.8) is 0 Å². The molecule has 0 unspecified atom stereocenters. The lowest BCUT2D eigenvalue weighted by atomic mass is 9.78. The van der Waals surface area contributed by atoms with E-state index in [4.69, 9.17) is 9.47 Å². The fraction of sp³-hybridized carbons (Fsp3) is 0.343. The number of alkyl halides is 3. The molecule has 45 heavy (non-hydrogen) atoms. The molecule has 10 heteroatoms. The van der Waals surface area contributed by atoms with E-state index in [2.05, 4.69) is 0 Å². The van der Waals surface area contributed by atoms with Crippen molar-refractivity contribution in [3.05, 3.63) is 89.6 Å². The van der Waals surface area contributed by atoms with Crippen molar-refractivity contribution in [1.82, 2.24) is 3.97 Å². The molecule has 1 heterocycles. The minimum absolute atomic E-state index is 0.0243. The number of fused-ring (bicyclic) bond motifs is 1. The van der Waals surface area contributed by atoms with Gasteiger partial charge in [-0.25, -0.2) is 17.2 Å². The van der Waals surface area contributed by atoms with Crippen LogP contribution in [0.3, 0.4) is 0 Å². The number of allylic oxidation sites excluding steroid dienone is 1. The Hall–Kier alpha value is -4.05. The molecule has 0 saturated heterocycles. The predicted molar refractivity (Wildman–Crippen MR) is 171 cm³/mol. The Balaban J connectivity index is 2.17. The number of carbonyl (C=O) groups excluding carboxylic acids is 1. The second-order valence-electron chi connectivity index (χ2n) is 13.0. The standard InChI is InChI=1S/C35H38F3NO5S/c1-22(16-31(40)43-8)23-14-15-30-26(17-23)28(20-39(30)45(41,42)25-12-10-9-11-13-25)27-18-24(33(2,3)4)19-29(34(5,6)7)32(27)44-21-35(36,37)38/h9-20H,21H2,1-8H3/b22-16-. The summed E-state index contributed by atoms with van der Waals surface area (Å²) >= 11 is 0. The first-order valence-corrected chi connectivity index (χ1v) is 15.8. The number of hydrogen-bond acceptors (Lipinski definition) is 5. The predicted octanol–water partition coefficient (Wildman–Crippen LogP) is 8.66. The SMILES string of the molecule is COC(=O)/C=C(/C)c1ccc2c(c1)c(-c1cc(C(C)(C)C)cc(C(C)(C)C)c1OCC(F)(F)F)cn2S(=O)(=O)c1ccccc1. The van der Waals surface area contributed by atoms with Gasteiger partial charge in [0.05, 0.1) is 17.5 Å². The molecule has 0 radical (unpaired) electrons. The zero-order valence-corrected chi connectivity index (χ0v) is 27.5. The summed E-state index contributed by atoms with van der Waals surface area (Å²) in [4.78, 5) is 12.1. The first-order valence-electron chi connectivity index (χ1n) is 14.4. The third kappa shape index (κ3) is 7.27. The lowest BCUT2D eigenvalue weighted by molar-refractivity contribution is -0.153. The van der Waals surface area contributed by atoms with Crippen molar-refractivity contribution < 1.29 is 35.9 Å². The van der Waals surface area contributed by atoms with Gasteiger partial charge in [0.2, 0.25) is 0 Å². The normalized spacial score (nSPS) is 13.3. The fourth-order valence-electron chi connectivity index (χ4n) is 5.01. The topological polar surface area (TPSA) is 74.6 Å². The molecule has 240 valence electrons. The van der Waals surface area contributed by atoms with Crippen molar-refractivity contribution in [3.8, 4) is 16.9 Å². The Morgan fingerprint density at radius 1 is 0.889 bits per heavy atom. The second-order valence-corrected chi connectivity index (χ2v) is 14.9. The number of esters is 1. The van der Waals surface area contributed by atoms with Crippen LogP contribution < -0.4 is 4.74 Å². The molecule has 0 spiro atoms. The number of benzene rings is 3. The minimum atomic E-state index is -4.61. The van der Waals surface area contributed by atoms with Gasteiger partial charge in [0.15, 0.2) is 6.61 Å². The summed E-state index contributed by atoms with van der Waals surface area (Å²) in [6.45, 7) is 11.9. The zero-order chi connectivity index (χ0) is 33.5. The van der Waals surface area contributed by atoms with Crippen molar-refractivity contribution >= 4 is 32.5 Å². The van der Waals surface area contributed by atoms with Gasteiger partial charge in [-0.3, -0.25) is 0 Å². The van der Waals surface area contributed by atoms with Gasteiger partial charge in [0, 0.05) is 34.3 Å². The first kappa shape index (κ1) is 33.8. The second kappa shape index (κ2) is 12.0. The molecule has 0 bridgehead atoms. The Bertz CT molecular complexity index is 1870. The van der Waals surface area contributed by atoms with E-state index in [-0.39, 0.29) is 10.6 Å². The van der Waals surface area contributed by atoms with Gasteiger partial charge in [-0.2, -0.15) is 13.2 Å². The highest BCUT2D eigenvalue weighted by Gasteiger charge is 2.33. The molecular weight excluding hydrogens is 603 g/mol. The summed E-state index contributed by atoms with van der Waals surface area (Å²) in [5.74, 6) is -0.538. The summed E-state index contributed by atoms with van der Waals surface area (Å²) in [6.07, 6.45) is -1.86. The molecule has 0 amide bonds. The van der Waals surface area contributed by atoms with E-state index in [9.17, 15) is 26.4 Å². The molecule has 3 aromatic carbocycles. The maximum absolute atomic E-state index is 14.0. The maximum atomic E-state index is 14.0. The Morgan fingerprint density at radius 2 is 1.53 bits per heavy atom. The van der Waals surface area contributed by atoms with Crippen LogP contribution in [0.15, 0.2) is 77.8 Å². The van der Waals surface area contributed by atoms with Crippen molar-refractivity contribution in [2.45, 2.75) is 70.4 Å². The minimum Gasteiger partial charge on any atom is -0.483 e. The van der Waals surface area contributed by atoms with Gasteiger partial charge < -0.3 is 9.47 Å². The lowest BCUT2D eigenvalue weighted by Crippen LogP contribution is -2.23.